The van der Waals surface area contributed by atoms with E-state index in [1.54, 1.807) is 16.3 Å². The van der Waals surface area contributed by atoms with Gasteiger partial charge in [-0.2, -0.15) is 13.2 Å². The van der Waals surface area contributed by atoms with E-state index in [9.17, 15) is 18.0 Å². The van der Waals surface area contributed by atoms with Crippen molar-refractivity contribution in [1.29, 1.82) is 0 Å². The van der Waals surface area contributed by atoms with Gasteiger partial charge in [0.1, 0.15) is 10.7 Å². The van der Waals surface area contributed by atoms with Crippen LogP contribution in [0.25, 0.3) is 10.6 Å². The minimum absolute atomic E-state index is 0.177. The number of carbonyl (C=O) groups is 1. The third-order valence-electron chi connectivity index (χ3n) is 5.07. The molecule has 3 aromatic rings. The number of piperazine rings is 1. The Labute approximate surface area is 176 Å². The molecule has 1 saturated heterocycles. The average molecular weight is 431 g/mol. The molecule has 8 heteroatoms. The lowest BCUT2D eigenvalue weighted by Gasteiger charge is -2.34. The van der Waals surface area contributed by atoms with Gasteiger partial charge < -0.3 is 4.90 Å². The second-order valence-electron chi connectivity index (χ2n) is 7.17. The minimum Gasteiger partial charge on any atom is -0.335 e. The zero-order valence-corrected chi connectivity index (χ0v) is 16.9. The van der Waals surface area contributed by atoms with E-state index in [1.807, 2.05) is 18.2 Å². The maximum atomic E-state index is 12.9. The number of carbonyl (C=O) groups excluding carboxylic acids is 1. The van der Waals surface area contributed by atoms with Crippen LogP contribution in [0.1, 0.15) is 21.6 Å². The molecule has 0 atom stereocenters. The van der Waals surface area contributed by atoms with Crippen molar-refractivity contribution in [2.45, 2.75) is 12.7 Å². The van der Waals surface area contributed by atoms with Crippen molar-refractivity contribution in [3.63, 3.8) is 0 Å². The van der Waals surface area contributed by atoms with Crippen LogP contribution in [0.5, 0.6) is 0 Å². The largest absolute Gasteiger partial charge is 0.416 e. The molecule has 0 bridgehead atoms. The lowest BCUT2D eigenvalue weighted by Crippen LogP contribution is -2.48. The van der Waals surface area contributed by atoms with Crippen LogP contribution in [0.4, 0.5) is 13.2 Å². The molecule has 1 aliphatic heterocycles. The highest BCUT2D eigenvalue weighted by molar-refractivity contribution is 7.13. The van der Waals surface area contributed by atoms with Crippen LogP contribution in [-0.4, -0.2) is 46.9 Å². The second-order valence-corrected chi connectivity index (χ2v) is 8.03. The first kappa shape index (κ1) is 20.6. The van der Waals surface area contributed by atoms with Crippen molar-refractivity contribution in [3.05, 3.63) is 76.8 Å². The first-order chi connectivity index (χ1) is 14.4. The molecule has 30 heavy (non-hydrogen) atoms. The highest BCUT2D eigenvalue weighted by atomic mass is 32.1. The van der Waals surface area contributed by atoms with E-state index in [-0.39, 0.29) is 11.6 Å². The lowest BCUT2D eigenvalue weighted by atomic mass is 10.1. The smallest absolute Gasteiger partial charge is 0.335 e. The van der Waals surface area contributed by atoms with Gasteiger partial charge in [0, 0.05) is 43.7 Å². The molecule has 0 spiro atoms. The van der Waals surface area contributed by atoms with Crippen LogP contribution < -0.4 is 0 Å². The summed E-state index contributed by atoms with van der Waals surface area (Å²) in [6, 6.07) is 15.2. The van der Waals surface area contributed by atoms with Crippen molar-refractivity contribution in [3.8, 4) is 10.6 Å². The maximum absolute atomic E-state index is 12.9. The van der Waals surface area contributed by atoms with E-state index in [4.69, 9.17) is 0 Å². The van der Waals surface area contributed by atoms with Gasteiger partial charge in [0.05, 0.1) is 5.56 Å². The highest BCUT2D eigenvalue weighted by Gasteiger charge is 2.31. The number of thiazole rings is 1. The number of rotatable bonds is 4. The number of amides is 1. The van der Waals surface area contributed by atoms with Gasteiger partial charge in [-0.15, -0.1) is 11.3 Å². The summed E-state index contributed by atoms with van der Waals surface area (Å²) in [4.78, 5) is 21.2. The molecule has 1 fully saturated rings. The van der Waals surface area contributed by atoms with Crippen molar-refractivity contribution >= 4 is 17.2 Å². The molecule has 0 saturated carbocycles. The summed E-state index contributed by atoms with van der Waals surface area (Å²) < 4.78 is 38.8. The summed E-state index contributed by atoms with van der Waals surface area (Å²) in [6.07, 6.45) is -4.41. The van der Waals surface area contributed by atoms with Crippen LogP contribution in [0.2, 0.25) is 0 Å². The number of aromatic nitrogens is 1. The summed E-state index contributed by atoms with van der Waals surface area (Å²) in [5, 5.41) is 2.03. The van der Waals surface area contributed by atoms with Crippen molar-refractivity contribution in [2.24, 2.45) is 0 Å². The minimum atomic E-state index is -4.41. The topological polar surface area (TPSA) is 36.4 Å². The van der Waals surface area contributed by atoms with Gasteiger partial charge in [0.15, 0.2) is 0 Å². The summed E-state index contributed by atoms with van der Waals surface area (Å²) >= 11 is 1.18. The van der Waals surface area contributed by atoms with E-state index in [1.165, 1.54) is 23.0 Å². The fourth-order valence-electron chi connectivity index (χ4n) is 3.45. The Kier molecular flexibility index (Phi) is 5.87. The molecule has 2 heterocycles. The highest BCUT2D eigenvalue weighted by Crippen LogP contribution is 2.33. The van der Waals surface area contributed by atoms with E-state index in [0.29, 0.717) is 23.7 Å². The van der Waals surface area contributed by atoms with Crippen molar-refractivity contribution in [1.82, 2.24) is 14.8 Å². The fourth-order valence-corrected chi connectivity index (χ4v) is 4.24. The Morgan fingerprint density at radius 1 is 1.00 bits per heavy atom. The van der Waals surface area contributed by atoms with Crippen LogP contribution in [0.3, 0.4) is 0 Å². The average Bonchev–Trinajstić information content (AvgIpc) is 3.24. The van der Waals surface area contributed by atoms with Gasteiger partial charge in [-0.05, 0) is 17.7 Å². The molecule has 1 aliphatic rings. The van der Waals surface area contributed by atoms with Crippen LogP contribution in [0.15, 0.2) is 60.0 Å². The standard InChI is InChI=1S/C22H20F3N3OS/c23-22(24,25)18-8-4-7-17(13-18)20-26-19(15-30-20)21(29)28-11-9-27(10-12-28)14-16-5-2-1-3-6-16/h1-8,13,15H,9-12,14H2. The summed E-state index contributed by atoms with van der Waals surface area (Å²) in [5.74, 6) is -0.177. The molecular formula is C22H20F3N3OS. The number of benzene rings is 2. The van der Waals surface area contributed by atoms with Gasteiger partial charge in [0.2, 0.25) is 0 Å². The molecule has 1 amide bonds. The normalized spacial score (nSPS) is 15.4. The lowest BCUT2D eigenvalue weighted by molar-refractivity contribution is -0.137. The molecule has 1 aromatic heterocycles. The SMILES string of the molecule is O=C(c1csc(-c2cccc(C(F)(F)F)c2)n1)N1CCN(Cc2ccccc2)CC1. The van der Waals surface area contributed by atoms with Crippen LogP contribution >= 0.6 is 11.3 Å². The van der Waals surface area contributed by atoms with Gasteiger partial charge in [-0.3, -0.25) is 9.69 Å². The quantitative estimate of drug-likeness (QED) is 0.596. The van der Waals surface area contributed by atoms with E-state index in [0.717, 1.165) is 31.8 Å². The molecule has 4 nitrogen and oxygen atoms in total. The molecule has 2 aromatic carbocycles. The van der Waals surface area contributed by atoms with E-state index in [2.05, 4.69) is 22.0 Å². The predicted octanol–water partition coefficient (Wildman–Crippen LogP) is 4.79. The van der Waals surface area contributed by atoms with Gasteiger partial charge in [-0.1, -0.05) is 42.5 Å². The first-order valence-electron chi connectivity index (χ1n) is 9.59. The molecule has 4 rings (SSSR count). The Hall–Kier alpha value is -2.71. The zero-order valence-electron chi connectivity index (χ0n) is 16.1. The number of hydrogen-bond acceptors (Lipinski definition) is 4. The Morgan fingerprint density at radius 3 is 2.43 bits per heavy atom. The Balaban J connectivity index is 1.39. The molecule has 0 N–H and O–H groups in total. The Morgan fingerprint density at radius 2 is 1.73 bits per heavy atom. The van der Waals surface area contributed by atoms with Gasteiger partial charge in [0.25, 0.3) is 5.91 Å². The first-order valence-corrected chi connectivity index (χ1v) is 10.5. The van der Waals surface area contributed by atoms with Crippen molar-refractivity contribution < 1.29 is 18.0 Å². The summed E-state index contributed by atoms with van der Waals surface area (Å²) in [6.45, 7) is 3.58. The molecule has 0 aliphatic carbocycles. The van der Waals surface area contributed by atoms with Gasteiger partial charge >= 0.3 is 6.18 Å². The molecular weight excluding hydrogens is 411 g/mol. The zero-order chi connectivity index (χ0) is 21.1. The fraction of sp³-hybridized carbons (Fsp3) is 0.273. The number of alkyl halides is 3. The number of hydrogen-bond donors (Lipinski definition) is 0. The van der Waals surface area contributed by atoms with E-state index < -0.39 is 11.7 Å². The molecule has 0 unspecified atom stereocenters. The molecule has 156 valence electrons. The van der Waals surface area contributed by atoms with Crippen LogP contribution in [0, 0.1) is 0 Å². The van der Waals surface area contributed by atoms with Crippen molar-refractivity contribution in [2.75, 3.05) is 26.2 Å². The summed E-state index contributed by atoms with van der Waals surface area (Å²) in [7, 11) is 0. The summed E-state index contributed by atoms with van der Waals surface area (Å²) in [5.41, 5.74) is 1.16. The predicted molar refractivity (Wildman–Crippen MR) is 110 cm³/mol. The second kappa shape index (κ2) is 8.57. The number of halogens is 3. The third kappa shape index (κ3) is 4.71. The van der Waals surface area contributed by atoms with E-state index >= 15 is 0 Å². The maximum Gasteiger partial charge on any atom is 0.416 e. The monoisotopic (exact) mass is 431 g/mol. The Bertz CT molecular complexity index is 1010. The van der Waals surface area contributed by atoms with Gasteiger partial charge in [-0.25, -0.2) is 4.98 Å². The number of nitrogens with zero attached hydrogens (tertiary/aromatic N) is 3. The molecule has 0 radical (unpaired) electrons. The van der Waals surface area contributed by atoms with Crippen LogP contribution in [-0.2, 0) is 12.7 Å². The third-order valence-corrected chi connectivity index (χ3v) is 5.96.